The van der Waals surface area contributed by atoms with Crippen molar-refractivity contribution in [3.05, 3.63) is 10.5 Å². The fraction of sp³-hybridized carbons (Fsp3) is 0.720. The lowest BCUT2D eigenvalue weighted by Crippen LogP contribution is -2.40. The number of likely N-dealkylation sites (tertiary alicyclic amines) is 1. The highest BCUT2D eigenvalue weighted by Gasteiger charge is 2.43. The monoisotopic (exact) mass is 473 g/mol. The summed E-state index contributed by atoms with van der Waals surface area (Å²) in [7, 11) is 0. The van der Waals surface area contributed by atoms with Gasteiger partial charge in [-0.1, -0.05) is 32.5 Å². The van der Waals surface area contributed by atoms with E-state index in [1.54, 1.807) is 23.6 Å². The molecule has 3 heterocycles. The SMILES string of the molecule is CCOC(=O)C1CCN(C(=O)CCC2=NC(=O)C3C(=N2)SC2=C3CCC(C(C)(C)C)C2)CC1. The van der Waals surface area contributed by atoms with E-state index in [1.165, 1.54) is 10.5 Å². The molecule has 2 amide bonds. The molecule has 1 fully saturated rings. The van der Waals surface area contributed by atoms with Crippen LogP contribution in [0.3, 0.4) is 0 Å². The van der Waals surface area contributed by atoms with E-state index in [2.05, 4.69) is 25.8 Å². The van der Waals surface area contributed by atoms with Crippen LogP contribution in [0.1, 0.15) is 72.6 Å². The van der Waals surface area contributed by atoms with E-state index < -0.39 is 0 Å². The van der Waals surface area contributed by atoms with Gasteiger partial charge in [0, 0.05) is 25.9 Å². The zero-order valence-electron chi connectivity index (χ0n) is 20.2. The summed E-state index contributed by atoms with van der Waals surface area (Å²) in [6, 6.07) is 0. The molecular formula is C25H35N3O4S. The van der Waals surface area contributed by atoms with Gasteiger partial charge >= 0.3 is 5.97 Å². The van der Waals surface area contributed by atoms with Crippen molar-refractivity contribution in [1.29, 1.82) is 0 Å². The molecule has 0 spiro atoms. The minimum absolute atomic E-state index is 0.0271. The molecule has 2 unspecified atom stereocenters. The highest BCUT2D eigenvalue weighted by molar-refractivity contribution is 8.17. The van der Waals surface area contributed by atoms with Crippen LogP contribution in [0.2, 0.25) is 0 Å². The first-order chi connectivity index (χ1) is 15.7. The number of esters is 1. The minimum Gasteiger partial charge on any atom is -0.466 e. The number of thioether (sulfide) groups is 1. The molecule has 2 atom stereocenters. The Kier molecular flexibility index (Phi) is 7.12. The summed E-state index contributed by atoms with van der Waals surface area (Å²) in [5.41, 5.74) is 1.48. The molecule has 3 aliphatic heterocycles. The van der Waals surface area contributed by atoms with Gasteiger partial charge in [0.1, 0.15) is 11.8 Å². The second kappa shape index (κ2) is 9.72. The summed E-state index contributed by atoms with van der Waals surface area (Å²) < 4.78 is 5.10. The molecule has 4 rings (SSSR count). The van der Waals surface area contributed by atoms with E-state index >= 15 is 0 Å². The molecule has 0 aromatic rings. The molecule has 0 saturated carbocycles. The number of carbonyl (C=O) groups is 3. The summed E-state index contributed by atoms with van der Waals surface area (Å²) in [5, 5.41) is 0.854. The molecule has 7 nitrogen and oxygen atoms in total. The molecule has 1 aliphatic carbocycles. The van der Waals surface area contributed by atoms with Crippen molar-refractivity contribution in [3.8, 4) is 0 Å². The molecule has 1 saturated heterocycles. The molecular weight excluding hydrogens is 438 g/mol. The minimum atomic E-state index is -0.285. The van der Waals surface area contributed by atoms with E-state index in [0.717, 1.165) is 24.3 Å². The van der Waals surface area contributed by atoms with Gasteiger partial charge in [0.25, 0.3) is 5.91 Å². The zero-order chi connectivity index (χ0) is 23.8. The van der Waals surface area contributed by atoms with Gasteiger partial charge in [0.05, 0.1) is 17.6 Å². The summed E-state index contributed by atoms with van der Waals surface area (Å²) >= 11 is 1.66. The Bertz CT molecular complexity index is 922. The van der Waals surface area contributed by atoms with Gasteiger partial charge in [-0.25, -0.2) is 4.99 Å². The van der Waals surface area contributed by atoms with Crippen LogP contribution in [-0.4, -0.2) is 53.3 Å². The summed E-state index contributed by atoms with van der Waals surface area (Å²) in [5.74, 6) is 0.431. The van der Waals surface area contributed by atoms with Crippen molar-refractivity contribution in [2.45, 2.75) is 72.6 Å². The normalized spacial score (nSPS) is 25.9. The molecule has 33 heavy (non-hydrogen) atoms. The maximum Gasteiger partial charge on any atom is 0.309 e. The maximum absolute atomic E-state index is 12.9. The van der Waals surface area contributed by atoms with Crippen LogP contribution in [0.15, 0.2) is 20.5 Å². The highest BCUT2D eigenvalue weighted by Crippen LogP contribution is 2.52. The van der Waals surface area contributed by atoms with E-state index in [1.807, 2.05) is 0 Å². The Balaban J connectivity index is 1.31. The van der Waals surface area contributed by atoms with Crippen molar-refractivity contribution >= 4 is 40.4 Å². The van der Waals surface area contributed by atoms with Gasteiger partial charge in [0.15, 0.2) is 0 Å². The van der Waals surface area contributed by atoms with Gasteiger partial charge in [-0.2, -0.15) is 4.99 Å². The summed E-state index contributed by atoms with van der Waals surface area (Å²) in [6.45, 7) is 10.2. The lowest BCUT2D eigenvalue weighted by molar-refractivity contribution is -0.151. The smallest absolute Gasteiger partial charge is 0.309 e. The quantitative estimate of drug-likeness (QED) is 0.553. The van der Waals surface area contributed by atoms with Crippen LogP contribution in [0.4, 0.5) is 0 Å². The van der Waals surface area contributed by atoms with E-state index in [0.29, 0.717) is 50.7 Å². The molecule has 0 N–H and O–H groups in total. The molecule has 0 radical (unpaired) electrons. The Morgan fingerprint density at radius 3 is 2.55 bits per heavy atom. The predicted molar refractivity (Wildman–Crippen MR) is 130 cm³/mol. The third kappa shape index (κ3) is 5.26. The maximum atomic E-state index is 12.9. The van der Waals surface area contributed by atoms with Crippen molar-refractivity contribution in [2.24, 2.45) is 33.2 Å². The van der Waals surface area contributed by atoms with Gasteiger partial charge in [-0.15, -0.1) is 0 Å². The van der Waals surface area contributed by atoms with Gasteiger partial charge in [-0.3, -0.25) is 14.4 Å². The van der Waals surface area contributed by atoms with Crippen LogP contribution in [0.5, 0.6) is 0 Å². The molecule has 0 aromatic carbocycles. The first kappa shape index (κ1) is 24.2. The molecule has 4 aliphatic rings. The zero-order valence-corrected chi connectivity index (χ0v) is 21.0. The number of amidine groups is 1. The Morgan fingerprint density at radius 2 is 1.88 bits per heavy atom. The fourth-order valence-electron chi connectivity index (χ4n) is 5.21. The number of ether oxygens (including phenoxy) is 1. The second-order valence-electron chi connectivity index (χ2n) is 10.5. The number of nitrogens with zero attached hydrogens (tertiary/aromatic N) is 3. The number of allylic oxidation sites excluding steroid dienone is 1. The molecule has 8 heteroatoms. The average molecular weight is 474 g/mol. The molecule has 0 aromatic heterocycles. The van der Waals surface area contributed by atoms with E-state index in [4.69, 9.17) is 9.73 Å². The van der Waals surface area contributed by atoms with Gasteiger partial charge < -0.3 is 9.64 Å². The van der Waals surface area contributed by atoms with E-state index in [9.17, 15) is 14.4 Å². The number of hydrogen-bond acceptors (Lipinski definition) is 6. The number of amides is 2. The molecule has 180 valence electrons. The number of aliphatic imine (C=N–C) groups is 2. The van der Waals surface area contributed by atoms with Crippen LogP contribution in [0, 0.1) is 23.2 Å². The number of fused-ring (bicyclic) bond motifs is 2. The first-order valence-corrected chi connectivity index (χ1v) is 13.0. The Hall–Kier alpha value is -1.96. The number of piperidine rings is 1. The van der Waals surface area contributed by atoms with Crippen LogP contribution in [-0.2, 0) is 19.1 Å². The number of carbonyl (C=O) groups excluding carboxylic acids is 3. The Morgan fingerprint density at radius 1 is 1.15 bits per heavy atom. The second-order valence-corrected chi connectivity index (χ2v) is 11.6. The van der Waals surface area contributed by atoms with Gasteiger partial charge in [-0.05, 0) is 60.8 Å². The summed E-state index contributed by atoms with van der Waals surface area (Å²) in [4.78, 5) is 49.6. The van der Waals surface area contributed by atoms with Crippen LogP contribution < -0.4 is 0 Å². The van der Waals surface area contributed by atoms with Crippen molar-refractivity contribution in [3.63, 3.8) is 0 Å². The highest BCUT2D eigenvalue weighted by atomic mass is 32.2. The van der Waals surface area contributed by atoms with Crippen molar-refractivity contribution in [1.82, 2.24) is 4.90 Å². The third-order valence-corrected chi connectivity index (χ3v) is 8.57. The fourth-order valence-corrected chi connectivity index (χ4v) is 6.61. The lowest BCUT2D eigenvalue weighted by atomic mass is 9.71. The summed E-state index contributed by atoms with van der Waals surface area (Å²) in [6.07, 6.45) is 5.00. The standard InChI is InChI=1S/C25H35N3O4S/c1-5-32-24(31)15-10-12-28(13-11-15)20(29)9-8-19-26-22(30)21-17-7-6-16(25(2,3)4)14-18(17)33-23(21)27-19/h15-16,21H,5-14H2,1-4H3. The number of hydrogen-bond donors (Lipinski definition) is 0. The molecule has 0 bridgehead atoms. The van der Waals surface area contributed by atoms with E-state index in [-0.39, 0.29) is 41.5 Å². The topological polar surface area (TPSA) is 88.4 Å². The van der Waals surface area contributed by atoms with Crippen LogP contribution in [0.25, 0.3) is 0 Å². The van der Waals surface area contributed by atoms with Crippen molar-refractivity contribution < 1.29 is 19.1 Å². The van der Waals surface area contributed by atoms with Gasteiger partial charge in [0.2, 0.25) is 5.91 Å². The largest absolute Gasteiger partial charge is 0.466 e. The average Bonchev–Trinajstić information content (AvgIpc) is 3.15. The number of rotatable bonds is 5. The lowest BCUT2D eigenvalue weighted by Gasteiger charge is -2.34. The van der Waals surface area contributed by atoms with Crippen LogP contribution >= 0.6 is 11.8 Å². The predicted octanol–water partition coefficient (Wildman–Crippen LogP) is 4.37. The van der Waals surface area contributed by atoms with Crippen molar-refractivity contribution in [2.75, 3.05) is 19.7 Å². The first-order valence-electron chi connectivity index (χ1n) is 12.2. The third-order valence-electron chi connectivity index (χ3n) is 7.36. The Labute approximate surface area is 200 Å².